The van der Waals surface area contributed by atoms with Crippen molar-refractivity contribution in [3.8, 4) is 0 Å². The van der Waals surface area contributed by atoms with Gasteiger partial charge in [0.2, 0.25) is 5.91 Å². The van der Waals surface area contributed by atoms with Crippen molar-refractivity contribution in [2.45, 2.75) is 20.8 Å². The molecule has 0 radical (unpaired) electrons. The van der Waals surface area contributed by atoms with Gasteiger partial charge in [0.05, 0.1) is 6.54 Å². The van der Waals surface area contributed by atoms with E-state index >= 15 is 0 Å². The molecular formula is C13H21N3O. The maximum atomic E-state index is 11.5. The van der Waals surface area contributed by atoms with Crippen LogP contribution in [0.15, 0.2) is 18.2 Å². The highest BCUT2D eigenvalue weighted by Crippen LogP contribution is 2.17. The fourth-order valence-electron chi connectivity index (χ4n) is 1.39. The quantitative estimate of drug-likeness (QED) is 0.681. The molecule has 0 aliphatic carbocycles. The van der Waals surface area contributed by atoms with Gasteiger partial charge in [-0.05, 0) is 30.5 Å². The Balaban J connectivity index is 2.44. The summed E-state index contributed by atoms with van der Waals surface area (Å²) in [5, 5.41) is 5.94. The van der Waals surface area contributed by atoms with E-state index in [9.17, 15) is 4.79 Å². The lowest BCUT2D eigenvalue weighted by molar-refractivity contribution is -0.119. The standard InChI is InChI=1S/C13H21N3O/c1-9(2)7-16-13(17)8-15-12-6-11(14)5-4-10(12)3/h4-6,9,15H,7-8,14H2,1-3H3,(H,16,17). The minimum Gasteiger partial charge on any atom is -0.399 e. The maximum Gasteiger partial charge on any atom is 0.239 e. The van der Waals surface area contributed by atoms with E-state index in [4.69, 9.17) is 5.73 Å². The van der Waals surface area contributed by atoms with Gasteiger partial charge in [0, 0.05) is 17.9 Å². The number of nitrogen functional groups attached to an aromatic ring is 1. The topological polar surface area (TPSA) is 67.1 Å². The molecule has 0 aliphatic rings. The normalized spacial score (nSPS) is 10.4. The molecule has 4 N–H and O–H groups in total. The molecule has 1 amide bonds. The van der Waals surface area contributed by atoms with Crippen LogP contribution in [0.4, 0.5) is 11.4 Å². The van der Waals surface area contributed by atoms with E-state index in [1.54, 1.807) is 0 Å². The summed E-state index contributed by atoms with van der Waals surface area (Å²) in [5.74, 6) is 0.466. The lowest BCUT2D eigenvalue weighted by atomic mass is 10.2. The molecule has 0 saturated carbocycles. The third kappa shape index (κ3) is 4.76. The average Bonchev–Trinajstić information content (AvgIpc) is 2.27. The van der Waals surface area contributed by atoms with E-state index in [-0.39, 0.29) is 12.5 Å². The molecule has 1 aromatic carbocycles. The highest BCUT2D eigenvalue weighted by atomic mass is 16.1. The van der Waals surface area contributed by atoms with Crippen molar-refractivity contribution in [2.75, 3.05) is 24.1 Å². The van der Waals surface area contributed by atoms with Gasteiger partial charge in [0.15, 0.2) is 0 Å². The minimum absolute atomic E-state index is 0.000486. The predicted molar refractivity (Wildman–Crippen MR) is 71.9 cm³/mol. The smallest absolute Gasteiger partial charge is 0.239 e. The molecule has 0 atom stereocenters. The molecule has 0 aromatic heterocycles. The summed E-state index contributed by atoms with van der Waals surface area (Å²) in [7, 11) is 0. The summed E-state index contributed by atoms with van der Waals surface area (Å²) in [5.41, 5.74) is 8.37. The summed E-state index contributed by atoms with van der Waals surface area (Å²) < 4.78 is 0. The molecule has 0 saturated heterocycles. The van der Waals surface area contributed by atoms with Gasteiger partial charge in [-0.1, -0.05) is 19.9 Å². The van der Waals surface area contributed by atoms with Gasteiger partial charge in [-0.25, -0.2) is 0 Å². The van der Waals surface area contributed by atoms with Crippen LogP contribution in [-0.4, -0.2) is 19.0 Å². The number of amides is 1. The summed E-state index contributed by atoms with van der Waals surface area (Å²) >= 11 is 0. The number of aryl methyl sites for hydroxylation is 1. The first-order chi connectivity index (χ1) is 7.99. The van der Waals surface area contributed by atoms with Gasteiger partial charge in [-0.15, -0.1) is 0 Å². The molecule has 0 heterocycles. The van der Waals surface area contributed by atoms with E-state index in [0.29, 0.717) is 18.2 Å². The molecule has 4 nitrogen and oxygen atoms in total. The number of nitrogens with one attached hydrogen (secondary N) is 2. The van der Waals surface area contributed by atoms with Crippen molar-refractivity contribution in [1.29, 1.82) is 0 Å². The predicted octanol–water partition coefficient (Wildman–Crippen LogP) is 1.76. The summed E-state index contributed by atoms with van der Waals surface area (Å²) in [6, 6.07) is 5.62. The van der Waals surface area contributed by atoms with Crippen LogP contribution in [0.2, 0.25) is 0 Å². The van der Waals surface area contributed by atoms with Crippen molar-refractivity contribution in [1.82, 2.24) is 5.32 Å². The highest BCUT2D eigenvalue weighted by molar-refractivity contribution is 5.81. The first-order valence-electron chi connectivity index (χ1n) is 5.85. The molecule has 0 bridgehead atoms. The van der Waals surface area contributed by atoms with Crippen molar-refractivity contribution < 1.29 is 4.79 Å². The van der Waals surface area contributed by atoms with E-state index < -0.39 is 0 Å². The summed E-state index contributed by atoms with van der Waals surface area (Å²) in [6.45, 7) is 7.09. The molecule has 0 aliphatic heterocycles. The number of hydrogen-bond acceptors (Lipinski definition) is 3. The minimum atomic E-state index is 0.000486. The Morgan fingerprint density at radius 1 is 1.41 bits per heavy atom. The van der Waals surface area contributed by atoms with Gasteiger partial charge in [0.1, 0.15) is 0 Å². The maximum absolute atomic E-state index is 11.5. The summed E-state index contributed by atoms with van der Waals surface area (Å²) in [6.07, 6.45) is 0. The Labute approximate surface area is 103 Å². The fraction of sp³-hybridized carbons (Fsp3) is 0.462. The van der Waals surface area contributed by atoms with Crippen molar-refractivity contribution >= 4 is 17.3 Å². The van der Waals surface area contributed by atoms with Crippen LogP contribution in [0.5, 0.6) is 0 Å². The zero-order valence-electron chi connectivity index (χ0n) is 10.7. The van der Waals surface area contributed by atoms with E-state index in [2.05, 4.69) is 24.5 Å². The first kappa shape index (κ1) is 13.4. The van der Waals surface area contributed by atoms with E-state index in [1.807, 2.05) is 25.1 Å². The molecular weight excluding hydrogens is 214 g/mol. The van der Waals surface area contributed by atoms with Crippen LogP contribution in [0.3, 0.4) is 0 Å². The van der Waals surface area contributed by atoms with Crippen molar-refractivity contribution in [2.24, 2.45) is 5.92 Å². The SMILES string of the molecule is Cc1ccc(N)cc1NCC(=O)NCC(C)C. The molecule has 0 unspecified atom stereocenters. The molecule has 1 rings (SSSR count). The van der Waals surface area contributed by atoms with Crippen LogP contribution >= 0.6 is 0 Å². The van der Waals surface area contributed by atoms with Crippen molar-refractivity contribution in [3.63, 3.8) is 0 Å². The number of hydrogen-bond donors (Lipinski definition) is 3. The Morgan fingerprint density at radius 2 is 2.12 bits per heavy atom. The van der Waals surface area contributed by atoms with Crippen LogP contribution in [0, 0.1) is 12.8 Å². The second-order valence-corrected chi connectivity index (χ2v) is 4.63. The van der Waals surface area contributed by atoms with E-state index in [1.165, 1.54) is 0 Å². The monoisotopic (exact) mass is 235 g/mol. The largest absolute Gasteiger partial charge is 0.399 e. The molecule has 94 valence electrons. The third-order valence-electron chi connectivity index (χ3n) is 2.41. The number of rotatable bonds is 5. The molecule has 4 heteroatoms. The van der Waals surface area contributed by atoms with Crippen LogP contribution < -0.4 is 16.4 Å². The summed E-state index contributed by atoms with van der Waals surface area (Å²) in [4.78, 5) is 11.5. The molecule has 1 aromatic rings. The van der Waals surface area contributed by atoms with Gasteiger partial charge < -0.3 is 16.4 Å². The zero-order valence-corrected chi connectivity index (χ0v) is 10.7. The third-order valence-corrected chi connectivity index (χ3v) is 2.41. The fourth-order valence-corrected chi connectivity index (χ4v) is 1.39. The Morgan fingerprint density at radius 3 is 2.76 bits per heavy atom. The highest BCUT2D eigenvalue weighted by Gasteiger charge is 2.03. The van der Waals surface area contributed by atoms with Crippen molar-refractivity contribution in [3.05, 3.63) is 23.8 Å². The van der Waals surface area contributed by atoms with Crippen LogP contribution in [-0.2, 0) is 4.79 Å². The Kier molecular flexibility index (Phi) is 4.82. The average molecular weight is 235 g/mol. The number of nitrogens with two attached hydrogens (primary N) is 1. The van der Waals surface area contributed by atoms with Gasteiger partial charge in [-0.2, -0.15) is 0 Å². The number of benzene rings is 1. The number of carbonyl (C=O) groups is 1. The zero-order chi connectivity index (χ0) is 12.8. The lowest BCUT2D eigenvalue weighted by Crippen LogP contribution is -2.32. The molecule has 17 heavy (non-hydrogen) atoms. The molecule has 0 spiro atoms. The Bertz CT molecular complexity index is 388. The second kappa shape index (κ2) is 6.13. The Hall–Kier alpha value is -1.71. The van der Waals surface area contributed by atoms with Crippen LogP contribution in [0.1, 0.15) is 19.4 Å². The van der Waals surface area contributed by atoms with Gasteiger partial charge in [-0.3, -0.25) is 4.79 Å². The van der Waals surface area contributed by atoms with E-state index in [0.717, 1.165) is 11.3 Å². The van der Waals surface area contributed by atoms with Crippen LogP contribution in [0.25, 0.3) is 0 Å². The second-order valence-electron chi connectivity index (χ2n) is 4.63. The van der Waals surface area contributed by atoms with Gasteiger partial charge >= 0.3 is 0 Å². The lowest BCUT2D eigenvalue weighted by Gasteiger charge is -2.11. The number of carbonyl (C=O) groups excluding carboxylic acids is 1. The first-order valence-corrected chi connectivity index (χ1v) is 5.85. The van der Waals surface area contributed by atoms with Gasteiger partial charge in [0.25, 0.3) is 0 Å². The number of anilines is 2. The molecule has 0 fully saturated rings.